The van der Waals surface area contributed by atoms with E-state index in [1.807, 2.05) is 49.4 Å². The fourth-order valence-corrected chi connectivity index (χ4v) is 3.76. The fraction of sp³-hybridized carbons (Fsp3) is 0.240. The number of carbonyl (C=O) groups is 1. The van der Waals surface area contributed by atoms with Gasteiger partial charge in [0.05, 0.1) is 25.3 Å². The summed E-state index contributed by atoms with van der Waals surface area (Å²) in [6, 6.07) is 14.9. The Hall–Kier alpha value is -3.85. The number of aryl methyl sites for hydroxylation is 2. The molecule has 0 radical (unpaired) electrons. The van der Waals surface area contributed by atoms with Crippen molar-refractivity contribution in [1.29, 1.82) is 0 Å². The van der Waals surface area contributed by atoms with Crippen molar-refractivity contribution in [2.75, 3.05) is 6.61 Å². The second-order valence-electron chi connectivity index (χ2n) is 7.51. The highest BCUT2D eigenvalue weighted by Crippen LogP contribution is 2.32. The molecule has 2 heterocycles. The molecule has 0 aliphatic carbocycles. The maximum Gasteiger partial charge on any atom is 0.307 e. The van der Waals surface area contributed by atoms with E-state index in [0.29, 0.717) is 36.1 Å². The lowest BCUT2D eigenvalue weighted by Gasteiger charge is -2.17. The number of rotatable bonds is 2. The van der Waals surface area contributed by atoms with Gasteiger partial charge in [0.15, 0.2) is 5.69 Å². The first-order valence-corrected chi connectivity index (χ1v) is 10.1. The number of nitrogens with zero attached hydrogens (tertiary/aromatic N) is 2. The van der Waals surface area contributed by atoms with E-state index in [2.05, 4.69) is 9.83 Å². The van der Waals surface area contributed by atoms with Gasteiger partial charge in [-0.2, -0.15) is 0 Å². The van der Waals surface area contributed by atoms with E-state index in [-0.39, 0.29) is 6.42 Å². The zero-order chi connectivity index (χ0) is 21.8. The molecule has 1 aliphatic heterocycles. The van der Waals surface area contributed by atoms with Crippen LogP contribution < -0.4 is 9.47 Å². The molecular weight excluding hydrogens is 392 g/mol. The standard InChI is InChI=1S/C25H22N2O4/c1-16-11-19(13-25(28)29)23-14-21(16)22-6-3-7-24(27-22)31-15-18-8-9-20(26-2)12-17(18)5-4-10-30-23/h3,6-9,11-12,14H,4-5,10,13,15H2,1H3,(H,28,29). The molecule has 0 saturated carbocycles. The molecule has 1 aromatic heterocycles. The summed E-state index contributed by atoms with van der Waals surface area (Å²) in [7, 11) is 0. The van der Waals surface area contributed by atoms with Gasteiger partial charge in [0.2, 0.25) is 5.88 Å². The monoisotopic (exact) mass is 414 g/mol. The van der Waals surface area contributed by atoms with Crippen molar-refractivity contribution in [1.82, 2.24) is 4.98 Å². The molecule has 156 valence electrons. The summed E-state index contributed by atoms with van der Waals surface area (Å²) in [5, 5.41) is 9.30. The molecule has 0 spiro atoms. The summed E-state index contributed by atoms with van der Waals surface area (Å²) >= 11 is 0. The lowest BCUT2D eigenvalue weighted by atomic mass is 9.99. The number of carboxylic acid groups (broad SMARTS) is 1. The molecule has 4 bridgehead atoms. The second kappa shape index (κ2) is 8.88. The number of hydrogen-bond donors (Lipinski definition) is 1. The van der Waals surface area contributed by atoms with Crippen molar-refractivity contribution in [3.63, 3.8) is 0 Å². The molecule has 4 rings (SSSR count). The van der Waals surface area contributed by atoms with E-state index in [9.17, 15) is 9.90 Å². The van der Waals surface area contributed by atoms with Gasteiger partial charge in [-0.1, -0.05) is 35.9 Å². The van der Waals surface area contributed by atoms with Gasteiger partial charge in [-0.05, 0) is 43.0 Å². The second-order valence-corrected chi connectivity index (χ2v) is 7.51. The zero-order valence-corrected chi connectivity index (χ0v) is 17.2. The Kier molecular flexibility index (Phi) is 5.85. The van der Waals surface area contributed by atoms with Gasteiger partial charge < -0.3 is 14.6 Å². The minimum atomic E-state index is -0.902. The predicted octanol–water partition coefficient (Wildman–Crippen LogP) is 5.14. The summed E-state index contributed by atoms with van der Waals surface area (Å²) in [6.07, 6.45) is 1.35. The quantitative estimate of drug-likeness (QED) is 0.588. The van der Waals surface area contributed by atoms with Gasteiger partial charge in [0.25, 0.3) is 0 Å². The van der Waals surface area contributed by atoms with Crippen LogP contribution in [0.2, 0.25) is 0 Å². The predicted molar refractivity (Wildman–Crippen MR) is 117 cm³/mol. The Bertz CT molecular complexity index is 1180. The Morgan fingerprint density at radius 3 is 2.84 bits per heavy atom. The van der Waals surface area contributed by atoms with Crippen LogP contribution in [-0.4, -0.2) is 22.7 Å². The number of aromatic nitrogens is 1. The molecule has 0 fully saturated rings. The van der Waals surface area contributed by atoms with Gasteiger partial charge in [-0.3, -0.25) is 4.79 Å². The smallest absolute Gasteiger partial charge is 0.307 e. The van der Waals surface area contributed by atoms with Crippen molar-refractivity contribution in [3.8, 4) is 22.9 Å². The number of ether oxygens (including phenoxy) is 2. The number of benzene rings is 2. The number of pyridine rings is 1. The SMILES string of the molecule is [C-]#[N+]c1ccc2c(c1)CCCOc1cc(c(C)cc1CC(=O)O)-c1cccc(n1)OC2. The highest BCUT2D eigenvalue weighted by molar-refractivity contribution is 5.74. The molecule has 0 unspecified atom stereocenters. The normalized spacial score (nSPS) is 13.0. The van der Waals surface area contributed by atoms with Crippen molar-refractivity contribution in [2.24, 2.45) is 0 Å². The van der Waals surface area contributed by atoms with Crippen molar-refractivity contribution >= 4 is 11.7 Å². The molecule has 1 N–H and O–H groups in total. The average molecular weight is 414 g/mol. The Labute approximate surface area is 180 Å². The summed E-state index contributed by atoms with van der Waals surface area (Å²) in [5.41, 5.74) is 5.84. The average Bonchev–Trinajstić information content (AvgIpc) is 2.76. The van der Waals surface area contributed by atoms with Crippen molar-refractivity contribution in [2.45, 2.75) is 32.8 Å². The summed E-state index contributed by atoms with van der Waals surface area (Å²) in [5.74, 6) is 0.162. The van der Waals surface area contributed by atoms with Crippen LogP contribution in [0.4, 0.5) is 5.69 Å². The van der Waals surface area contributed by atoms with E-state index in [1.54, 1.807) is 6.07 Å². The maximum absolute atomic E-state index is 11.3. The molecule has 0 amide bonds. The van der Waals surface area contributed by atoms with Crippen LogP contribution >= 0.6 is 0 Å². The molecule has 3 aromatic rings. The van der Waals surface area contributed by atoms with Gasteiger partial charge in [-0.15, -0.1) is 0 Å². The molecule has 6 nitrogen and oxygen atoms in total. The molecular formula is C25H22N2O4. The first-order valence-electron chi connectivity index (χ1n) is 10.1. The largest absolute Gasteiger partial charge is 0.493 e. The third-order valence-electron chi connectivity index (χ3n) is 5.29. The van der Waals surface area contributed by atoms with E-state index in [4.69, 9.17) is 16.0 Å². The number of hydrogen-bond acceptors (Lipinski definition) is 4. The topological polar surface area (TPSA) is 73.0 Å². The van der Waals surface area contributed by atoms with Crippen LogP contribution in [-0.2, 0) is 24.2 Å². The molecule has 31 heavy (non-hydrogen) atoms. The first-order chi connectivity index (χ1) is 15.0. The Morgan fingerprint density at radius 2 is 2.03 bits per heavy atom. The molecule has 0 atom stereocenters. The third kappa shape index (κ3) is 4.67. The van der Waals surface area contributed by atoms with Crippen LogP contribution in [0.3, 0.4) is 0 Å². The minimum Gasteiger partial charge on any atom is -0.493 e. The van der Waals surface area contributed by atoms with Gasteiger partial charge in [-0.25, -0.2) is 9.83 Å². The molecule has 2 aromatic carbocycles. The van der Waals surface area contributed by atoms with Crippen LogP contribution in [0.5, 0.6) is 11.6 Å². The summed E-state index contributed by atoms with van der Waals surface area (Å²) in [6.45, 7) is 10.0. The number of aliphatic carboxylic acids is 1. The molecule has 6 heteroatoms. The minimum absolute atomic E-state index is 0.107. The summed E-state index contributed by atoms with van der Waals surface area (Å²) in [4.78, 5) is 19.5. The zero-order valence-electron chi connectivity index (χ0n) is 17.2. The van der Waals surface area contributed by atoms with Crippen LogP contribution in [0, 0.1) is 13.5 Å². The fourth-order valence-electron chi connectivity index (χ4n) is 3.76. The van der Waals surface area contributed by atoms with Crippen LogP contribution in [0.1, 0.15) is 28.7 Å². The lowest BCUT2D eigenvalue weighted by molar-refractivity contribution is -0.136. The first kappa shape index (κ1) is 20.4. The van der Waals surface area contributed by atoms with Crippen molar-refractivity contribution in [3.05, 3.63) is 82.2 Å². The van der Waals surface area contributed by atoms with Crippen LogP contribution in [0.25, 0.3) is 16.1 Å². The van der Waals surface area contributed by atoms with Gasteiger partial charge in [0, 0.05) is 17.2 Å². The maximum atomic E-state index is 11.3. The number of fused-ring (bicyclic) bond motifs is 6. The molecule has 0 saturated heterocycles. The highest BCUT2D eigenvalue weighted by Gasteiger charge is 2.15. The van der Waals surface area contributed by atoms with Crippen molar-refractivity contribution < 1.29 is 19.4 Å². The van der Waals surface area contributed by atoms with E-state index in [1.165, 1.54) is 0 Å². The van der Waals surface area contributed by atoms with E-state index >= 15 is 0 Å². The van der Waals surface area contributed by atoms with Gasteiger partial charge in [0.1, 0.15) is 12.4 Å². The highest BCUT2D eigenvalue weighted by atomic mass is 16.5. The van der Waals surface area contributed by atoms with E-state index < -0.39 is 5.97 Å². The lowest BCUT2D eigenvalue weighted by Crippen LogP contribution is -2.08. The van der Waals surface area contributed by atoms with Crippen LogP contribution in [0.15, 0.2) is 48.5 Å². The Balaban J connectivity index is 1.76. The molecule has 1 aliphatic rings. The van der Waals surface area contributed by atoms with E-state index in [0.717, 1.165) is 40.8 Å². The van der Waals surface area contributed by atoms with Gasteiger partial charge >= 0.3 is 5.97 Å². The number of carboxylic acids is 1. The summed E-state index contributed by atoms with van der Waals surface area (Å²) < 4.78 is 12.0. The third-order valence-corrected chi connectivity index (χ3v) is 5.29. The Morgan fingerprint density at radius 1 is 1.16 bits per heavy atom.